The topological polar surface area (TPSA) is 84.7 Å². The maximum Gasteiger partial charge on any atom is 0.258 e. The summed E-state index contributed by atoms with van der Waals surface area (Å²) in [6, 6.07) is 7.23. The van der Waals surface area contributed by atoms with Gasteiger partial charge in [-0.25, -0.2) is 0 Å². The molecule has 1 aromatic carbocycles. The molecule has 2 aliphatic rings. The highest BCUT2D eigenvalue weighted by Crippen LogP contribution is 2.33. The molecule has 3 N–H and O–H groups in total. The summed E-state index contributed by atoms with van der Waals surface area (Å²) in [4.78, 5) is 25.0. The minimum absolute atomic E-state index is 0.102. The Labute approximate surface area is 116 Å². The summed E-state index contributed by atoms with van der Waals surface area (Å²) in [6.07, 6.45) is 1.28. The Hall–Kier alpha value is -2.08. The molecule has 1 fully saturated rings. The largest absolute Gasteiger partial charge is 0.467 e. The molecule has 2 aliphatic heterocycles. The SMILES string of the molecule is NC(=O)CN1CCC2(CC1)NC(=O)c1ccccc1O2. The highest BCUT2D eigenvalue weighted by Gasteiger charge is 2.42. The van der Waals surface area contributed by atoms with Gasteiger partial charge in [0.2, 0.25) is 5.91 Å². The maximum absolute atomic E-state index is 12.1. The zero-order valence-electron chi connectivity index (χ0n) is 11.1. The summed E-state index contributed by atoms with van der Waals surface area (Å²) in [6.45, 7) is 1.59. The summed E-state index contributed by atoms with van der Waals surface area (Å²) in [5.74, 6) is 0.190. The smallest absolute Gasteiger partial charge is 0.258 e. The summed E-state index contributed by atoms with van der Waals surface area (Å²) < 4.78 is 6.01. The van der Waals surface area contributed by atoms with E-state index in [-0.39, 0.29) is 18.4 Å². The number of primary amides is 1. The Balaban J connectivity index is 1.74. The van der Waals surface area contributed by atoms with E-state index in [0.29, 0.717) is 37.2 Å². The summed E-state index contributed by atoms with van der Waals surface area (Å²) in [5, 5.41) is 2.96. The Bertz CT molecular complexity index is 550. The number of nitrogens with one attached hydrogen (secondary N) is 1. The van der Waals surface area contributed by atoms with Crippen LogP contribution < -0.4 is 15.8 Å². The number of hydrogen-bond acceptors (Lipinski definition) is 4. The lowest BCUT2D eigenvalue weighted by Crippen LogP contribution is -2.61. The molecular weight excluding hydrogens is 258 g/mol. The fraction of sp³-hybridized carbons (Fsp3) is 0.429. The number of nitrogens with two attached hydrogens (primary N) is 1. The fourth-order valence-corrected chi connectivity index (χ4v) is 2.77. The summed E-state index contributed by atoms with van der Waals surface area (Å²) >= 11 is 0. The molecule has 0 radical (unpaired) electrons. The van der Waals surface area contributed by atoms with Gasteiger partial charge in [-0.15, -0.1) is 0 Å². The first-order chi connectivity index (χ1) is 9.58. The number of nitrogens with zero attached hydrogens (tertiary/aromatic N) is 1. The zero-order valence-corrected chi connectivity index (χ0v) is 11.1. The van der Waals surface area contributed by atoms with Crippen LogP contribution in [0.3, 0.4) is 0 Å². The van der Waals surface area contributed by atoms with Crippen molar-refractivity contribution in [3.8, 4) is 5.75 Å². The standard InChI is InChI=1S/C14H17N3O3/c15-12(18)9-17-7-5-14(6-8-17)16-13(19)10-3-1-2-4-11(10)20-14/h1-4H,5-9H2,(H2,15,18)(H,16,19). The van der Waals surface area contributed by atoms with Gasteiger partial charge in [-0.3, -0.25) is 14.5 Å². The van der Waals surface area contributed by atoms with Crippen molar-refractivity contribution in [2.75, 3.05) is 19.6 Å². The van der Waals surface area contributed by atoms with Gasteiger partial charge in [0.1, 0.15) is 5.75 Å². The molecule has 1 aromatic rings. The Morgan fingerprint density at radius 1 is 1.35 bits per heavy atom. The van der Waals surface area contributed by atoms with Gasteiger partial charge < -0.3 is 15.8 Å². The van der Waals surface area contributed by atoms with E-state index in [1.807, 2.05) is 23.1 Å². The fourth-order valence-electron chi connectivity index (χ4n) is 2.77. The van der Waals surface area contributed by atoms with E-state index in [1.165, 1.54) is 0 Å². The van der Waals surface area contributed by atoms with Gasteiger partial charge in [0.05, 0.1) is 12.1 Å². The van der Waals surface area contributed by atoms with E-state index in [2.05, 4.69) is 5.32 Å². The van der Waals surface area contributed by atoms with E-state index in [9.17, 15) is 9.59 Å². The van der Waals surface area contributed by atoms with E-state index in [1.54, 1.807) is 6.07 Å². The number of hydrogen-bond donors (Lipinski definition) is 2. The van der Waals surface area contributed by atoms with Gasteiger partial charge in [0, 0.05) is 25.9 Å². The van der Waals surface area contributed by atoms with Crippen molar-refractivity contribution < 1.29 is 14.3 Å². The van der Waals surface area contributed by atoms with Gasteiger partial charge in [-0.05, 0) is 12.1 Å². The number of likely N-dealkylation sites (tertiary alicyclic amines) is 1. The second kappa shape index (κ2) is 4.79. The van der Waals surface area contributed by atoms with Crippen LogP contribution in [0.15, 0.2) is 24.3 Å². The van der Waals surface area contributed by atoms with Crippen LogP contribution >= 0.6 is 0 Å². The second-order valence-electron chi connectivity index (χ2n) is 5.29. The number of benzene rings is 1. The number of rotatable bonds is 2. The third kappa shape index (κ3) is 2.34. The van der Waals surface area contributed by atoms with Crippen molar-refractivity contribution >= 4 is 11.8 Å². The van der Waals surface area contributed by atoms with Crippen LogP contribution in [-0.4, -0.2) is 42.1 Å². The normalized spacial score (nSPS) is 20.9. The molecule has 2 amide bonds. The molecule has 20 heavy (non-hydrogen) atoms. The highest BCUT2D eigenvalue weighted by atomic mass is 16.5. The van der Waals surface area contributed by atoms with Crippen LogP contribution in [0.4, 0.5) is 0 Å². The van der Waals surface area contributed by atoms with Gasteiger partial charge >= 0.3 is 0 Å². The van der Waals surface area contributed by atoms with Crippen LogP contribution in [0.25, 0.3) is 0 Å². The van der Waals surface area contributed by atoms with Crippen molar-refractivity contribution in [3.05, 3.63) is 29.8 Å². The monoisotopic (exact) mass is 275 g/mol. The second-order valence-corrected chi connectivity index (χ2v) is 5.29. The van der Waals surface area contributed by atoms with Gasteiger partial charge in [-0.2, -0.15) is 0 Å². The first-order valence-electron chi connectivity index (χ1n) is 6.69. The summed E-state index contributed by atoms with van der Waals surface area (Å²) in [5.41, 5.74) is 5.11. The lowest BCUT2D eigenvalue weighted by molar-refractivity contribution is -0.120. The predicted molar refractivity (Wildman–Crippen MR) is 72.1 cm³/mol. The Morgan fingerprint density at radius 2 is 2.05 bits per heavy atom. The molecule has 2 heterocycles. The first-order valence-corrected chi connectivity index (χ1v) is 6.69. The van der Waals surface area contributed by atoms with Crippen LogP contribution in [0.1, 0.15) is 23.2 Å². The molecular formula is C14H17N3O3. The van der Waals surface area contributed by atoms with E-state index >= 15 is 0 Å². The van der Waals surface area contributed by atoms with Crippen molar-refractivity contribution in [3.63, 3.8) is 0 Å². The first kappa shape index (κ1) is 12.9. The molecule has 0 saturated carbocycles. The Morgan fingerprint density at radius 3 is 2.75 bits per heavy atom. The minimum Gasteiger partial charge on any atom is -0.467 e. The number of carbonyl (C=O) groups is 2. The average molecular weight is 275 g/mol. The van der Waals surface area contributed by atoms with E-state index in [0.717, 1.165) is 0 Å². The molecule has 0 bridgehead atoms. The van der Waals surface area contributed by atoms with Gasteiger partial charge in [-0.1, -0.05) is 12.1 Å². The predicted octanol–water partition coefficient (Wildman–Crippen LogP) is 0.0862. The molecule has 0 aliphatic carbocycles. The van der Waals surface area contributed by atoms with Gasteiger partial charge in [0.25, 0.3) is 5.91 Å². The van der Waals surface area contributed by atoms with Crippen LogP contribution in [-0.2, 0) is 4.79 Å². The van der Waals surface area contributed by atoms with E-state index in [4.69, 9.17) is 10.5 Å². The molecule has 106 valence electrons. The number of fused-ring (bicyclic) bond motifs is 1. The Kier molecular flexibility index (Phi) is 3.10. The summed E-state index contributed by atoms with van der Waals surface area (Å²) in [7, 11) is 0. The third-order valence-corrected chi connectivity index (χ3v) is 3.82. The quantitative estimate of drug-likeness (QED) is 0.801. The molecule has 0 atom stereocenters. The minimum atomic E-state index is -0.653. The average Bonchev–Trinajstić information content (AvgIpc) is 2.41. The molecule has 3 rings (SSSR count). The van der Waals surface area contributed by atoms with E-state index < -0.39 is 5.72 Å². The van der Waals surface area contributed by atoms with Crippen molar-refractivity contribution in [2.45, 2.75) is 18.6 Å². The number of carbonyl (C=O) groups excluding carboxylic acids is 2. The van der Waals surface area contributed by atoms with Gasteiger partial charge in [0.15, 0.2) is 5.72 Å². The maximum atomic E-state index is 12.1. The number of ether oxygens (including phenoxy) is 1. The highest BCUT2D eigenvalue weighted by molar-refractivity contribution is 5.98. The van der Waals surface area contributed by atoms with Crippen molar-refractivity contribution in [1.82, 2.24) is 10.2 Å². The number of para-hydroxylation sites is 1. The number of piperidine rings is 1. The molecule has 0 aromatic heterocycles. The lowest BCUT2D eigenvalue weighted by Gasteiger charge is -2.44. The molecule has 1 spiro atoms. The van der Waals surface area contributed by atoms with Crippen LogP contribution in [0, 0.1) is 0 Å². The molecule has 6 heteroatoms. The molecule has 0 unspecified atom stereocenters. The molecule has 6 nitrogen and oxygen atoms in total. The number of amides is 2. The van der Waals surface area contributed by atoms with Crippen molar-refractivity contribution in [2.24, 2.45) is 5.73 Å². The molecule has 1 saturated heterocycles. The third-order valence-electron chi connectivity index (χ3n) is 3.82. The van der Waals surface area contributed by atoms with Crippen LogP contribution in [0.2, 0.25) is 0 Å². The van der Waals surface area contributed by atoms with Crippen LogP contribution in [0.5, 0.6) is 5.75 Å². The van der Waals surface area contributed by atoms with Crippen molar-refractivity contribution in [1.29, 1.82) is 0 Å². The zero-order chi connectivity index (χ0) is 14.2. The lowest BCUT2D eigenvalue weighted by atomic mass is 9.97.